The molecule has 1 heterocycles. The number of nitrogens with zero attached hydrogens (tertiary/aromatic N) is 1. The van der Waals surface area contributed by atoms with E-state index in [0.717, 1.165) is 38.5 Å². The van der Waals surface area contributed by atoms with Gasteiger partial charge in [-0.2, -0.15) is 0 Å². The predicted octanol–water partition coefficient (Wildman–Crippen LogP) is 1.82. The number of rotatable bonds is 7. The van der Waals surface area contributed by atoms with E-state index in [2.05, 4.69) is 30.4 Å². The molecule has 1 aromatic rings. The van der Waals surface area contributed by atoms with Crippen molar-refractivity contribution in [2.45, 2.75) is 25.3 Å². The molecule has 0 amide bonds. The van der Waals surface area contributed by atoms with Crippen LogP contribution in [0.4, 0.5) is 0 Å². The SMILES string of the molecule is CN(C)CCOCCNC1CCCc2occc21. The van der Waals surface area contributed by atoms with Gasteiger partial charge in [-0.3, -0.25) is 0 Å². The Bertz CT molecular complexity index is 349. The zero-order chi connectivity index (χ0) is 12.8. The van der Waals surface area contributed by atoms with E-state index >= 15 is 0 Å². The molecule has 0 aliphatic heterocycles. The second-order valence-corrected chi connectivity index (χ2v) is 5.11. The highest BCUT2D eigenvalue weighted by Gasteiger charge is 2.21. The smallest absolute Gasteiger partial charge is 0.108 e. The van der Waals surface area contributed by atoms with E-state index in [0.29, 0.717) is 6.04 Å². The standard InChI is InChI=1S/C14H24N2O2/c1-16(2)8-11-17-10-7-15-13-4-3-5-14-12(13)6-9-18-14/h6,9,13,15H,3-5,7-8,10-11H2,1-2H3. The molecule has 0 fully saturated rings. The minimum absolute atomic E-state index is 0.449. The summed E-state index contributed by atoms with van der Waals surface area (Å²) in [6, 6.07) is 2.55. The molecule has 1 N–H and O–H groups in total. The molecule has 0 radical (unpaired) electrons. The molecule has 4 nitrogen and oxygen atoms in total. The Hall–Kier alpha value is -0.840. The second kappa shape index (κ2) is 6.92. The summed E-state index contributed by atoms with van der Waals surface area (Å²) in [6.45, 7) is 3.46. The number of ether oxygens (including phenoxy) is 1. The maximum atomic E-state index is 5.58. The van der Waals surface area contributed by atoms with E-state index in [1.54, 1.807) is 6.26 Å². The Morgan fingerprint density at radius 2 is 2.33 bits per heavy atom. The van der Waals surface area contributed by atoms with E-state index in [9.17, 15) is 0 Å². The Labute approximate surface area is 109 Å². The molecule has 1 unspecified atom stereocenters. The lowest BCUT2D eigenvalue weighted by molar-refractivity contribution is 0.117. The second-order valence-electron chi connectivity index (χ2n) is 5.11. The lowest BCUT2D eigenvalue weighted by Gasteiger charge is -2.22. The van der Waals surface area contributed by atoms with Crippen LogP contribution in [-0.2, 0) is 11.2 Å². The van der Waals surface area contributed by atoms with Gasteiger partial charge in [0.2, 0.25) is 0 Å². The molecule has 0 aromatic carbocycles. The minimum atomic E-state index is 0.449. The summed E-state index contributed by atoms with van der Waals surface area (Å²) >= 11 is 0. The van der Waals surface area contributed by atoms with Gasteiger partial charge in [0.25, 0.3) is 0 Å². The van der Waals surface area contributed by atoms with Crippen molar-refractivity contribution in [2.75, 3.05) is 40.4 Å². The number of nitrogens with one attached hydrogen (secondary N) is 1. The number of hydrogen-bond donors (Lipinski definition) is 1. The Morgan fingerprint density at radius 1 is 1.44 bits per heavy atom. The molecule has 0 saturated carbocycles. The summed E-state index contributed by atoms with van der Waals surface area (Å²) in [4.78, 5) is 2.13. The van der Waals surface area contributed by atoms with Crippen LogP contribution in [0.3, 0.4) is 0 Å². The van der Waals surface area contributed by atoms with Crippen molar-refractivity contribution in [3.05, 3.63) is 23.7 Å². The highest BCUT2D eigenvalue weighted by atomic mass is 16.5. The first-order valence-corrected chi connectivity index (χ1v) is 6.79. The normalized spacial score (nSPS) is 19.2. The lowest BCUT2D eigenvalue weighted by Crippen LogP contribution is -2.28. The fourth-order valence-electron chi connectivity index (χ4n) is 2.35. The van der Waals surface area contributed by atoms with Crippen LogP contribution in [0.2, 0.25) is 0 Å². The van der Waals surface area contributed by atoms with Gasteiger partial charge in [0, 0.05) is 31.1 Å². The van der Waals surface area contributed by atoms with Crippen molar-refractivity contribution in [2.24, 2.45) is 0 Å². The maximum Gasteiger partial charge on any atom is 0.108 e. The van der Waals surface area contributed by atoms with Gasteiger partial charge in [-0.15, -0.1) is 0 Å². The molecule has 18 heavy (non-hydrogen) atoms. The monoisotopic (exact) mass is 252 g/mol. The van der Waals surface area contributed by atoms with Crippen LogP contribution < -0.4 is 5.32 Å². The Kier molecular flexibility index (Phi) is 5.23. The highest BCUT2D eigenvalue weighted by molar-refractivity contribution is 5.23. The molecule has 1 aliphatic rings. The van der Waals surface area contributed by atoms with Crippen LogP contribution in [-0.4, -0.2) is 45.3 Å². The highest BCUT2D eigenvalue weighted by Crippen LogP contribution is 2.30. The number of aryl methyl sites for hydroxylation is 1. The van der Waals surface area contributed by atoms with E-state index in [-0.39, 0.29) is 0 Å². The molecule has 1 aliphatic carbocycles. The van der Waals surface area contributed by atoms with Crippen LogP contribution in [0.15, 0.2) is 16.7 Å². The van der Waals surface area contributed by atoms with Crippen LogP contribution in [0.1, 0.15) is 30.2 Å². The summed E-state index contributed by atoms with van der Waals surface area (Å²) in [5, 5.41) is 3.55. The topological polar surface area (TPSA) is 37.6 Å². The predicted molar refractivity (Wildman–Crippen MR) is 71.8 cm³/mol. The molecule has 102 valence electrons. The maximum absolute atomic E-state index is 5.58. The van der Waals surface area contributed by atoms with Gasteiger partial charge in [-0.25, -0.2) is 0 Å². The molecular formula is C14H24N2O2. The lowest BCUT2D eigenvalue weighted by atomic mass is 9.93. The third kappa shape index (κ3) is 3.83. The minimum Gasteiger partial charge on any atom is -0.469 e. The van der Waals surface area contributed by atoms with Gasteiger partial charge in [-0.05, 0) is 33.0 Å². The number of hydrogen-bond acceptors (Lipinski definition) is 4. The van der Waals surface area contributed by atoms with Gasteiger partial charge in [0.15, 0.2) is 0 Å². The van der Waals surface area contributed by atoms with Crippen LogP contribution in [0, 0.1) is 0 Å². The molecular weight excluding hydrogens is 228 g/mol. The molecule has 1 aromatic heterocycles. The molecule has 0 saturated heterocycles. The zero-order valence-corrected chi connectivity index (χ0v) is 11.4. The van der Waals surface area contributed by atoms with Crippen molar-refractivity contribution in [3.8, 4) is 0 Å². The van der Waals surface area contributed by atoms with Crippen LogP contribution in [0.25, 0.3) is 0 Å². The van der Waals surface area contributed by atoms with E-state index in [4.69, 9.17) is 9.15 Å². The summed E-state index contributed by atoms with van der Waals surface area (Å²) in [5.74, 6) is 1.16. The largest absolute Gasteiger partial charge is 0.469 e. The molecule has 1 atom stereocenters. The van der Waals surface area contributed by atoms with E-state index < -0.39 is 0 Å². The molecule has 4 heteroatoms. The quantitative estimate of drug-likeness (QED) is 0.751. The van der Waals surface area contributed by atoms with Gasteiger partial charge < -0.3 is 19.4 Å². The fraction of sp³-hybridized carbons (Fsp3) is 0.714. The van der Waals surface area contributed by atoms with Crippen molar-refractivity contribution >= 4 is 0 Å². The number of fused-ring (bicyclic) bond motifs is 1. The van der Waals surface area contributed by atoms with Crippen LogP contribution >= 0.6 is 0 Å². The number of furan rings is 1. The first-order chi connectivity index (χ1) is 8.77. The summed E-state index contributed by atoms with van der Waals surface area (Å²) < 4.78 is 11.1. The summed E-state index contributed by atoms with van der Waals surface area (Å²) in [5.41, 5.74) is 1.34. The van der Waals surface area contributed by atoms with E-state index in [1.165, 1.54) is 18.4 Å². The summed E-state index contributed by atoms with van der Waals surface area (Å²) in [6.07, 6.45) is 5.29. The molecule has 0 bridgehead atoms. The van der Waals surface area contributed by atoms with E-state index in [1.807, 2.05) is 0 Å². The molecule has 2 rings (SSSR count). The zero-order valence-electron chi connectivity index (χ0n) is 11.4. The Morgan fingerprint density at radius 3 is 3.17 bits per heavy atom. The fourth-order valence-corrected chi connectivity index (χ4v) is 2.35. The average molecular weight is 252 g/mol. The first-order valence-electron chi connectivity index (χ1n) is 6.79. The van der Waals surface area contributed by atoms with Gasteiger partial charge in [0.05, 0.1) is 19.5 Å². The first kappa shape index (κ1) is 13.6. The third-order valence-electron chi connectivity index (χ3n) is 3.37. The Balaban J connectivity index is 1.63. The van der Waals surface area contributed by atoms with Gasteiger partial charge in [0.1, 0.15) is 5.76 Å². The third-order valence-corrected chi connectivity index (χ3v) is 3.37. The summed E-state index contributed by atoms with van der Waals surface area (Å²) in [7, 11) is 4.12. The van der Waals surface area contributed by atoms with Gasteiger partial charge in [-0.1, -0.05) is 0 Å². The van der Waals surface area contributed by atoms with Crippen molar-refractivity contribution in [1.29, 1.82) is 0 Å². The van der Waals surface area contributed by atoms with Crippen molar-refractivity contribution in [3.63, 3.8) is 0 Å². The van der Waals surface area contributed by atoms with Crippen LogP contribution in [0.5, 0.6) is 0 Å². The number of likely N-dealkylation sites (N-methyl/N-ethyl adjacent to an activating group) is 1. The average Bonchev–Trinajstić information content (AvgIpc) is 2.82. The van der Waals surface area contributed by atoms with Gasteiger partial charge >= 0.3 is 0 Å². The molecule has 0 spiro atoms. The van der Waals surface area contributed by atoms with Crippen molar-refractivity contribution < 1.29 is 9.15 Å². The van der Waals surface area contributed by atoms with Crippen molar-refractivity contribution in [1.82, 2.24) is 10.2 Å².